The van der Waals surface area contributed by atoms with Gasteiger partial charge in [0.05, 0.1) is 12.2 Å². The first-order chi connectivity index (χ1) is 14.4. The molecule has 5 rings (SSSR count). The fourth-order valence-electron chi connectivity index (χ4n) is 6.96. The lowest BCUT2D eigenvalue weighted by molar-refractivity contribution is -0.0705. The molecular weight excluding hydrogens is 372 g/mol. The minimum Gasteiger partial charge on any atom is -0.508 e. The maximum absolute atomic E-state index is 11.8. The van der Waals surface area contributed by atoms with Gasteiger partial charge in [-0.1, -0.05) is 49.4 Å². The van der Waals surface area contributed by atoms with Gasteiger partial charge in [-0.3, -0.25) is 0 Å². The van der Waals surface area contributed by atoms with E-state index in [1.807, 2.05) is 48.6 Å². The number of aromatic hydroxyl groups is 1. The lowest BCUT2D eigenvalue weighted by atomic mass is 9.53. The van der Waals surface area contributed by atoms with E-state index in [0.29, 0.717) is 23.5 Å². The Bertz CT molecular complexity index is 980. The summed E-state index contributed by atoms with van der Waals surface area (Å²) in [5.74, 6) is 2.04. The number of aryl methyl sites for hydroxylation is 1. The van der Waals surface area contributed by atoms with Crippen molar-refractivity contribution in [3.63, 3.8) is 0 Å². The number of aliphatic hydroxyl groups excluding tert-OH is 1. The highest BCUT2D eigenvalue weighted by molar-refractivity contribution is 5.55. The molecule has 30 heavy (non-hydrogen) atoms. The van der Waals surface area contributed by atoms with E-state index in [9.17, 15) is 15.3 Å². The van der Waals surface area contributed by atoms with Crippen LogP contribution in [0, 0.1) is 17.3 Å². The lowest BCUT2D eigenvalue weighted by Crippen LogP contribution is -2.49. The Kier molecular flexibility index (Phi) is 4.79. The van der Waals surface area contributed by atoms with E-state index in [-0.39, 0.29) is 12.0 Å². The van der Waals surface area contributed by atoms with Crippen molar-refractivity contribution in [3.8, 4) is 5.75 Å². The normalized spacial score (nSPS) is 35.1. The molecule has 0 heterocycles. The molecular formula is C27H32O3. The Labute approximate surface area is 179 Å². The van der Waals surface area contributed by atoms with Crippen LogP contribution < -0.4 is 0 Å². The monoisotopic (exact) mass is 404 g/mol. The second-order valence-corrected chi connectivity index (χ2v) is 9.91. The van der Waals surface area contributed by atoms with E-state index in [1.54, 1.807) is 0 Å². The molecule has 3 aliphatic carbocycles. The van der Waals surface area contributed by atoms with E-state index in [4.69, 9.17) is 0 Å². The van der Waals surface area contributed by atoms with Crippen LogP contribution in [0.25, 0.3) is 6.08 Å². The molecule has 0 aliphatic heterocycles. The van der Waals surface area contributed by atoms with Crippen molar-refractivity contribution in [2.45, 2.75) is 63.6 Å². The Balaban J connectivity index is 1.44. The molecule has 3 N–H and O–H groups in total. The van der Waals surface area contributed by atoms with E-state index in [0.717, 1.165) is 49.7 Å². The molecule has 2 aromatic rings. The van der Waals surface area contributed by atoms with Crippen molar-refractivity contribution < 1.29 is 15.3 Å². The fraction of sp³-hybridized carbons (Fsp3) is 0.481. The van der Waals surface area contributed by atoms with E-state index >= 15 is 0 Å². The van der Waals surface area contributed by atoms with Crippen molar-refractivity contribution in [2.75, 3.05) is 0 Å². The summed E-state index contributed by atoms with van der Waals surface area (Å²) in [5, 5.41) is 31.3. The van der Waals surface area contributed by atoms with Gasteiger partial charge in [0.15, 0.2) is 0 Å². The highest BCUT2D eigenvalue weighted by Crippen LogP contribution is 2.64. The van der Waals surface area contributed by atoms with Crippen molar-refractivity contribution in [3.05, 3.63) is 70.8 Å². The predicted molar refractivity (Wildman–Crippen MR) is 119 cm³/mol. The predicted octanol–water partition coefficient (Wildman–Crippen LogP) is 5.19. The molecule has 3 nitrogen and oxygen atoms in total. The summed E-state index contributed by atoms with van der Waals surface area (Å²) in [5.41, 5.74) is 3.70. The first-order valence-corrected chi connectivity index (χ1v) is 11.4. The van der Waals surface area contributed by atoms with Crippen LogP contribution in [-0.2, 0) is 13.0 Å². The first-order valence-electron chi connectivity index (χ1n) is 11.4. The van der Waals surface area contributed by atoms with E-state index < -0.39 is 5.60 Å². The zero-order valence-electron chi connectivity index (χ0n) is 17.7. The Hall–Kier alpha value is -2.10. The summed E-state index contributed by atoms with van der Waals surface area (Å²) >= 11 is 0. The number of aliphatic hydroxyl groups is 2. The fourth-order valence-corrected chi connectivity index (χ4v) is 6.96. The van der Waals surface area contributed by atoms with E-state index in [2.05, 4.69) is 13.0 Å². The minimum atomic E-state index is -0.805. The third-order valence-corrected chi connectivity index (χ3v) is 8.69. The SMILES string of the molecule is C[C@]12CC[C@@H]3c4ccc(O)cc4CC[C@H]3[C@@H]1CC[C@@]2(O)/C=C\c1ccccc1CO. The van der Waals surface area contributed by atoms with Crippen molar-refractivity contribution in [2.24, 2.45) is 17.3 Å². The highest BCUT2D eigenvalue weighted by atomic mass is 16.3. The average molecular weight is 405 g/mol. The van der Waals surface area contributed by atoms with Gasteiger partial charge in [0.25, 0.3) is 0 Å². The molecule has 0 radical (unpaired) electrons. The molecule has 2 saturated carbocycles. The topological polar surface area (TPSA) is 60.7 Å². The zero-order valence-corrected chi connectivity index (χ0v) is 17.7. The molecule has 2 aromatic carbocycles. The Morgan fingerprint density at radius 1 is 1.07 bits per heavy atom. The molecule has 0 unspecified atom stereocenters. The van der Waals surface area contributed by atoms with Crippen molar-refractivity contribution in [1.82, 2.24) is 0 Å². The van der Waals surface area contributed by atoms with Crippen LogP contribution >= 0.6 is 0 Å². The van der Waals surface area contributed by atoms with Crippen molar-refractivity contribution in [1.29, 1.82) is 0 Å². The van der Waals surface area contributed by atoms with Gasteiger partial charge >= 0.3 is 0 Å². The van der Waals surface area contributed by atoms with Crippen LogP contribution in [0.2, 0.25) is 0 Å². The molecule has 0 aromatic heterocycles. The van der Waals surface area contributed by atoms with Crippen LogP contribution in [0.1, 0.15) is 67.2 Å². The van der Waals surface area contributed by atoms with Gasteiger partial charge in [-0.25, -0.2) is 0 Å². The van der Waals surface area contributed by atoms with Crippen LogP contribution in [0.5, 0.6) is 5.75 Å². The van der Waals surface area contributed by atoms with Crippen LogP contribution in [-0.4, -0.2) is 20.9 Å². The quantitative estimate of drug-likeness (QED) is 0.660. The number of benzene rings is 2. The summed E-state index contributed by atoms with van der Waals surface area (Å²) in [4.78, 5) is 0. The van der Waals surface area contributed by atoms with Gasteiger partial charge < -0.3 is 15.3 Å². The maximum atomic E-state index is 11.8. The first kappa shape index (κ1) is 19.8. The number of fused-ring (bicyclic) bond motifs is 5. The second kappa shape index (κ2) is 7.25. The molecule has 2 fully saturated rings. The molecule has 0 bridgehead atoms. The molecule has 5 atom stereocenters. The smallest absolute Gasteiger partial charge is 0.115 e. The summed E-state index contributed by atoms with van der Waals surface area (Å²) in [6.07, 6.45) is 10.2. The highest BCUT2D eigenvalue weighted by Gasteiger charge is 2.60. The summed E-state index contributed by atoms with van der Waals surface area (Å²) < 4.78 is 0. The molecule has 0 saturated heterocycles. The number of hydrogen-bond donors (Lipinski definition) is 3. The molecule has 0 amide bonds. The second-order valence-electron chi connectivity index (χ2n) is 9.91. The van der Waals surface area contributed by atoms with E-state index in [1.165, 1.54) is 11.1 Å². The number of rotatable bonds is 3. The van der Waals surface area contributed by atoms with Gasteiger partial charge in [-0.15, -0.1) is 0 Å². The Morgan fingerprint density at radius 2 is 1.90 bits per heavy atom. The zero-order chi connectivity index (χ0) is 20.9. The van der Waals surface area contributed by atoms with Crippen LogP contribution in [0.15, 0.2) is 48.5 Å². The van der Waals surface area contributed by atoms with Gasteiger partial charge in [0.1, 0.15) is 5.75 Å². The van der Waals surface area contributed by atoms with Gasteiger partial charge in [0, 0.05) is 5.41 Å². The molecule has 0 spiro atoms. The van der Waals surface area contributed by atoms with Gasteiger partial charge in [-0.05, 0) is 90.7 Å². The maximum Gasteiger partial charge on any atom is 0.115 e. The summed E-state index contributed by atoms with van der Waals surface area (Å²) in [6.45, 7) is 2.31. The largest absolute Gasteiger partial charge is 0.508 e. The summed E-state index contributed by atoms with van der Waals surface area (Å²) in [6, 6.07) is 13.8. The molecule has 3 heteroatoms. The standard InChI is InChI=1S/C27H32O3/c1-26-13-11-23-22-9-7-21(29)16-19(22)6-8-24(23)25(26)12-15-27(26,30)14-10-18-4-2-3-5-20(18)17-28/h2-5,7,9-10,14,16,23-25,28-30H,6,8,11-13,15,17H2,1H3/b14-10-/t23-,24-,25+,26+,27+/m1/s1. The van der Waals surface area contributed by atoms with Crippen LogP contribution in [0.4, 0.5) is 0 Å². The number of phenolic OH excluding ortho intramolecular Hbond substituents is 1. The summed E-state index contributed by atoms with van der Waals surface area (Å²) in [7, 11) is 0. The minimum absolute atomic E-state index is 0.0115. The third kappa shape index (κ3) is 2.94. The van der Waals surface area contributed by atoms with Crippen LogP contribution in [0.3, 0.4) is 0 Å². The van der Waals surface area contributed by atoms with Gasteiger partial charge in [0.2, 0.25) is 0 Å². The van der Waals surface area contributed by atoms with Gasteiger partial charge in [-0.2, -0.15) is 0 Å². The Morgan fingerprint density at radius 3 is 2.73 bits per heavy atom. The molecule has 3 aliphatic rings. The number of hydrogen-bond acceptors (Lipinski definition) is 3. The average Bonchev–Trinajstić information content (AvgIpc) is 3.03. The molecule has 158 valence electrons. The third-order valence-electron chi connectivity index (χ3n) is 8.69. The number of phenols is 1. The lowest BCUT2D eigenvalue weighted by Gasteiger charge is -2.52. The van der Waals surface area contributed by atoms with Crippen molar-refractivity contribution >= 4 is 6.08 Å².